The monoisotopic (exact) mass is 642 g/mol. The maximum absolute atomic E-state index is 11.6. The van der Waals surface area contributed by atoms with Crippen LogP contribution in [0.1, 0.15) is 58.0 Å². The number of aliphatic carboxylic acids is 1. The van der Waals surface area contributed by atoms with Gasteiger partial charge in [-0.05, 0) is 104 Å². The summed E-state index contributed by atoms with van der Waals surface area (Å²) < 4.78 is 15.8. The summed E-state index contributed by atoms with van der Waals surface area (Å²) in [6, 6.07) is 30.1. The van der Waals surface area contributed by atoms with Gasteiger partial charge in [0.05, 0.1) is 18.8 Å². The van der Waals surface area contributed by atoms with Gasteiger partial charge in [-0.2, -0.15) is 0 Å². The third-order valence-electron chi connectivity index (χ3n) is 6.71. The average Bonchev–Trinajstić information content (AvgIpc) is 3.02. The van der Waals surface area contributed by atoms with Gasteiger partial charge in [0, 0.05) is 0 Å². The van der Waals surface area contributed by atoms with Crippen LogP contribution in [0.5, 0.6) is 11.5 Å². The number of ether oxygens (including phenoxy) is 3. The van der Waals surface area contributed by atoms with Gasteiger partial charge in [0.1, 0.15) is 11.5 Å². The average molecular weight is 643 g/mol. The molecule has 10 nitrogen and oxygen atoms in total. The minimum absolute atomic E-state index is 0. The number of hydrogen-bond donors (Lipinski definition) is 3. The fourth-order valence-corrected chi connectivity index (χ4v) is 4.17. The molecule has 4 aromatic carbocycles. The Labute approximate surface area is 287 Å². The van der Waals surface area contributed by atoms with Gasteiger partial charge >= 0.3 is 30.8 Å². The van der Waals surface area contributed by atoms with Crippen molar-refractivity contribution in [2.45, 2.75) is 59.0 Å². The second-order valence-electron chi connectivity index (χ2n) is 10.3. The molecule has 0 amide bonds. The molecule has 47 heavy (non-hydrogen) atoms. The molecule has 0 saturated heterocycles. The van der Waals surface area contributed by atoms with E-state index < -0.39 is 30.4 Å². The number of esters is 1. The van der Waals surface area contributed by atoms with Crippen LogP contribution in [-0.4, -0.2) is 57.0 Å². The van der Waals surface area contributed by atoms with Gasteiger partial charge in [-0.15, -0.1) is 0 Å². The summed E-state index contributed by atoms with van der Waals surface area (Å²) in [5, 5.41) is 28.1. The Morgan fingerprint density at radius 1 is 0.638 bits per heavy atom. The molecule has 0 aliphatic rings. The second kappa shape index (κ2) is 20.9. The molecule has 4 aromatic rings. The number of rotatable bonds is 11. The Bertz CT molecular complexity index is 1510. The minimum atomic E-state index is -0.997. The third kappa shape index (κ3) is 13.2. The maximum atomic E-state index is 11.6. The fourth-order valence-electron chi connectivity index (χ4n) is 4.17. The van der Waals surface area contributed by atoms with E-state index in [9.17, 15) is 19.8 Å². The first-order chi connectivity index (χ1) is 21.0. The topological polar surface area (TPSA) is 184 Å². The molecule has 0 spiro atoms. The molecule has 0 fully saturated rings. The Hall–Kier alpha value is -4.14. The minimum Gasteiger partial charge on any atom is -0.870 e. The van der Waals surface area contributed by atoms with Gasteiger partial charge in [0.25, 0.3) is 0 Å². The summed E-state index contributed by atoms with van der Waals surface area (Å²) >= 11 is 0. The van der Waals surface area contributed by atoms with Crippen LogP contribution < -0.4 is 28.3 Å². The Morgan fingerprint density at radius 2 is 1.02 bits per heavy atom. The number of aliphatic hydroxyl groups excluding tert-OH is 2. The predicted molar refractivity (Wildman–Crippen MR) is 175 cm³/mol. The van der Waals surface area contributed by atoms with Gasteiger partial charge < -0.3 is 40.5 Å². The van der Waals surface area contributed by atoms with Crippen LogP contribution in [0.25, 0.3) is 22.3 Å². The summed E-state index contributed by atoms with van der Waals surface area (Å²) in [7, 11) is 0. The van der Waals surface area contributed by atoms with Crippen LogP contribution in [-0.2, 0) is 14.3 Å². The van der Waals surface area contributed by atoms with Gasteiger partial charge in [-0.25, -0.2) is 9.59 Å². The van der Waals surface area contributed by atoms with E-state index in [4.69, 9.17) is 19.3 Å². The van der Waals surface area contributed by atoms with Crippen molar-refractivity contribution < 1.29 is 68.9 Å². The molecule has 0 bridgehead atoms. The summed E-state index contributed by atoms with van der Waals surface area (Å²) in [5.74, 6) is -0.244. The summed E-state index contributed by atoms with van der Waals surface area (Å²) in [6.45, 7) is 8.72. The molecule has 0 aliphatic heterocycles. The van der Waals surface area contributed by atoms with Crippen LogP contribution >= 0.6 is 0 Å². The van der Waals surface area contributed by atoms with E-state index in [1.54, 1.807) is 39.8 Å². The van der Waals surface area contributed by atoms with Gasteiger partial charge in [0.2, 0.25) is 0 Å². The molecular weight excluding hydrogens is 599 g/mol. The predicted octanol–water partition coefficient (Wildman–Crippen LogP) is 3.00. The Kier molecular flexibility index (Phi) is 19.0. The van der Waals surface area contributed by atoms with E-state index in [-0.39, 0.29) is 35.8 Å². The maximum Gasteiger partial charge on any atom is 1.00 e. The fraction of sp³-hybridized carbons (Fsp3) is 0.278. The van der Waals surface area contributed by atoms with Crippen molar-refractivity contribution in [2.75, 3.05) is 6.61 Å². The van der Waals surface area contributed by atoms with E-state index in [0.29, 0.717) is 18.1 Å². The summed E-state index contributed by atoms with van der Waals surface area (Å²) in [6.07, 6.45) is -2.53. The molecule has 0 aromatic heterocycles. The first-order valence-corrected chi connectivity index (χ1v) is 14.5. The summed E-state index contributed by atoms with van der Waals surface area (Å²) in [5.41, 5.74) is 5.74. The first-order valence-electron chi connectivity index (χ1n) is 14.5. The van der Waals surface area contributed by atoms with Crippen LogP contribution in [0.3, 0.4) is 0 Å². The van der Waals surface area contributed by atoms with Gasteiger partial charge in [-0.3, -0.25) is 0 Å². The SMILES string of the molecule is CCOC(=O)[C@@H](C)Oc1ccc(-c2cccc([C@@H](C)O)c2)cc1.C[C@@H](Oc1ccc(-c2cccc([C@@H](C)O)c2)cc1)C(=O)O.O.[Li+].[OH-]. The second-order valence-corrected chi connectivity index (χ2v) is 10.3. The van der Waals surface area contributed by atoms with Crippen LogP contribution in [0.15, 0.2) is 97.1 Å². The smallest absolute Gasteiger partial charge is 0.870 e. The Balaban J connectivity index is 0.000000849. The number of carbonyl (C=O) groups is 2. The van der Waals surface area contributed by atoms with Crippen molar-refractivity contribution in [2.24, 2.45) is 0 Å². The van der Waals surface area contributed by atoms with E-state index in [2.05, 4.69) is 0 Å². The number of carboxylic acid groups (broad SMARTS) is 1. The zero-order chi connectivity index (χ0) is 32.2. The van der Waals surface area contributed by atoms with Crippen molar-refractivity contribution in [1.29, 1.82) is 0 Å². The number of hydrogen-bond acceptors (Lipinski definition) is 8. The number of benzene rings is 4. The van der Waals surface area contributed by atoms with E-state index in [1.165, 1.54) is 6.92 Å². The molecule has 6 N–H and O–H groups in total. The van der Waals surface area contributed by atoms with Crippen LogP contribution in [0, 0.1) is 0 Å². The molecular formula is C36H43LiO10. The number of carboxylic acids is 1. The Morgan fingerprint density at radius 3 is 1.36 bits per heavy atom. The van der Waals surface area contributed by atoms with Gasteiger partial charge in [-0.1, -0.05) is 60.7 Å². The molecule has 0 heterocycles. The summed E-state index contributed by atoms with van der Waals surface area (Å²) in [4.78, 5) is 22.3. The van der Waals surface area contributed by atoms with E-state index in [0.717, 1.165) is 33.4 Å². The largest absolute Gasteiger partial charge is 1.00 e. The third-order valence-corrected chi connectivity index (χ3v) is 6.71. The number of aliphatic hydroxyl groups is 2. The normalized spacial score (nSPS) is 12.5. The van der Waals surface area contributed by atoms with E-state index in [1.807, 2.05) is 84.9 Å². The van der Waals surface area contributed by atoms with Crippen molar-refractivity contribution in [3.63, 3.8) is 0 Å². The molecule has 248 valence electrons. The zero-order valence-corrected chi connectivity index (χ0v) is 27.6. The number of carbonyl (C=O) groups excluding carboxylic acids is 1. The zero-order valence-electron chi connectivity index (χ0n) is 27.6. The van der Waals surface area contributed by atoms with Crippen LogP contribution in [0.2, 0.25) is 0 Å². The molecule has 4 rings (SSSR count). The molecule has 0 radical (unpaired) electrons. The molecule has 0 unspecified atom stereocenters. The van der Waals surface area contributed by atoms with Crippen molar-refractivity contribution in [3.8, 4) is 33.8 Å². The van der Waals surface area contributed by atoms with Crippen molar-refractivity contribution in [1.82, 2.24) is 0 Å². The van der Waals surface area contributed by atoms with Gasteiger partial charge in [0.15, 0.2) is 12.2 Å². The molecule has 0 aliphatic carbocycles. The van der Waals surface area contributed by atoms with E-state index >= 15 is 0 Å². The molecule has 11 heteroatoms. The quantitative estimate of drug-likeness (QED) is 0.163. The molecule has 0 saturated carbocycles. The first kappa shape index (κ1) is 42.9. The molecule has 4 atom stereocenters. The van der Waals surface area contributed by atoms with Crippen molar-refractivity contribution >= 4 is 11.9 Å². The van der Waals surface area contributed by atoms with Crippen molar-refractivity contribution in [3.05, 3.63) is 108 Å². The standard InChI is InChI=1S/C19H22O4.C17H18O4.Li.2H2O/c1-4-22-19(21)14(3)23-18-10-8-15(9-11-18)17-7-5-6-16(12-17)13(2)20;1-11(18)14-4-3-5-15(10-14)13-6-8-16(9-7-13)21-12(2)17(19)20;;;/h5-14,20H,4H2,1-3H3;3-12,18H,1-2H3,(H,19,20);;2*1H2/q;;+1;;/p-1/t13-,14-;11-,12-;;;/m11.../s1. The van der Waals surface area contributed by atoms with Crippen LogP contribution in [0.4, 0.5) is 0 Å².